The van der Waals surface area contributed by atoms with Crippen LogP contribution in [0.2, 0.25) is 0 Å². The first-order valence-electron chi connectivity index (χ1n) is 10.6. The van der Waals surface area contributed by atoms with Crippen molar-refractivity contribution < 1.29 is 27.4 Å². The first kappa shape index (κ1) is 20.5. The highest BCUT2D eigenvalue weighted by Gasteiger charge is 2.67. The minimum atomic E-state index is -0.691. The molecule has 1 aromatic carbocycles. The number of hydrogen-bond acceptors (Lipinski definition) is 2. The molecule has 162 valence electrons. The molecular weight excluding hydrogens is 410 g/mol. The number of esters is 1. The van der Waals surface area contributed by atoms with Crippen LogP contribution in [0, 0.1) is 11.6 Å². The third-order valence-corrected chi connectivity index (χ3v) is 7.14. The van der Waals surface area contributed by atoms with Crippen molar-refractivity contribution in [2.45, 2.75) is 31.2 Å². The Balaban J connectivity index is 1.57. The van der Waals surface area contributed by atoms with Crippen LogP contribution in [0.5, 0.6) is 0 Å². The van der Waals surface area contributed by atoms with Crippen LogP contribution in [0.25, 0.3) is 11.3 Å². The summed E-state index contributed by atoms with van der Waals surface area (Å²) >= 11 is 0. The van der Waals surface area contributed by atoms with E-state index in [0.29, 0.717) is 28.9 Å². The molecule has 0 N–H and O–H groups in total. The highest BCUT2D eigenvalue weighted by atomic mass is 19.1. The molecule has 6 heteroatoms. The molecule has 2 aromatic heterocycles. The first-order valence-corrected chi connectivity index (χ1v) is 10.6. The molecule has 0 amide bonds. The molecule has 0 fully saturated rings. The standard InChI is InChI=1S/C26H24F2N2O2/c1-17-16-25(2)26(17,10-13-32-24(31)22-9-4-6-11-29(22)3)19-14-18(27)15-20(28)23(19)21-8-5-7-12-30(21)25/h4-9,11-12,14-16H,10,13H2,1-3H3/q+2. The van der Waals surface area contributed by atoms with Crippen molar-refractivity contribution in [3.05, 3.63) is 95.5 Å². The Hall–Kier alpha value is -3.41. The van der Waals surface area contributed by atoms with Gasteiger partial charge in [0, 0.05) is 43.7 Å². The zero-order valence-corrected chi connectivity index (χ0v) is 18.2. The molecule has 0 radical (unpaired) electrons. The van der Waals surface area contributed by atoms with Gasteiger partial charge in [0.05, 0.1) is 17.6 Å². The summed E-state index contributed by atoms with van der Waals surface area (Å²) in [6.45, 7) is 4.16. The number of halogens is 2. The Morgan fingerprint density at radius 1 is 1.09 bits per heavy atom. The van der Waals surface area contributed by atoms with Gasteiger partial charge in [-0.3, -0.25) is 0 Å². The van der Waals surface area contributed by atoms with E-state index in [1.807, 2.05) is 42.0 Å². The van der Waals surface area contributed by atoms with Crippen LogP contribution in [0.15, 0.2) is 72.6 Å². The van der Waals surface area contributed by atoms with Gasteiger partial charge in [0.2, 0.25) is 5.69 Å². The Morgan fingerprint density at radius 2 is 1.84 bits per heavy atom. The van der Waals surface area contributed by atoms with E-state index in [1.165, 1.54) is 6.07 Å². The second-order valence-corrected chi connectivity index (χ2v) is 8.73. The van der Waals surface area contributed by atoms with Gasteiger partial charge >= 0.3 is 5.97 Å². The fourth-order valence-corrected chi connectivity index (χ4v) is 5.66. The minimum absolute atomic E-state index is 0.120. The summed E-state index contributed by atoms with van der Waals surface area (Å²) in [4.78, 5) is 12.6. The highest BCUT2D eigenvalue weighted by Crippen LogP contribution is 2.59. The van der Waals surface area contributed by atoms with E-state index in [4.69, 9.17) is 4.74 Å². The second kappa shape index (κ2) is 7.05. The number of aryl methyl sites for hydroxylation is 1. The van der Waals surface area contributed by atoms with Gasteiger partial charge in [0.1, 0.15) is 18.7 Å². The number of aromatic nitrogens is 2. The zero-order valence-electron chi connectivity index (χ0n) is 18.2. The molecular formula is C26H24F2N2O2+2. The van der Waals surface area contributed by atoms with Crippen LogP contribution < -0.4 is 9.13 Å². The summed E-state index contributed by atoms with van der Waals surface area (Å²) in [7, 11) is 1.78. The lowest BCUT2D eigenvalue weighted by molar-refractivity contribution is -0.755. The molecule has 1 aliphatic heterocycles. The van der Waals surface area contributed by atoms with Gasteiger partial charge in [-0.1, -0.05) is 5.57 Å². The van der Waals surface area contributed by atoms with Crippen molar-refractivity contribution in [3.63, 3.8) is 0 Å². The average Bonchev–Trinajstić information content (AvgIpc) is 2.75. The topological polar surface area (TPSA) is 34.1 Å². The Kier molecular flexibility index (Phi) is 4.52. The molecule has 4 nitrogen and oxygen atoms in total. The second-order valence-electron chi connectivity index (χ2n) is 8.73. The smallest absolute Gasteiger partial charge is 0.403 e. The molecule has 3 heterocycles. The normalized spacial score (nSPS) is 22.7. The lowest BCUT2D eigenvalue weighted by atomic mass is 9.50. The number of hydrogen-bond donors (Lipinski definition) is 0. The fourth-order valence-electron chi connectivity index (χ4n) is 5.66. The van der Waals surface area contributed by atoms with E-state index in [9.17, 15) is 9.18 Å². The maximum absolute atomic E-state index is 15.1. The number of allylic oxidation sites excluding steroid dienone is 2. The van der Waals surface area contributed by atoms with Crippen molar-refractivity contribution in [2.24, 2.45) is 7.05 Å². The van der Waals surface area contributed by atoms with Crippen LogP contribution in [0.4, 0.5) is 8.78 Å². The molecule has 32 heavy (non-hydrogen) atoms. The largest absolute Gasteiger partial charge is 0.458 e. The summed E-state index contributed by atoms with van der Waals surface area (Å²) in [5.74, 6) is -1.63. The predicted molar refractivity (Wildman–Crippen MR) is 114 cm³/mol. The molecule has 0 saturated heterocycles. The van der Waals surface area contributed by atoms with Gasteiger partial charge in [-0.25, -0.2) is 13.6 Å². The summed E-state index contributed by atoms with van der Waals surface area (Å²) in [6.07, 6.45) is 6.24. The van der Waals surface area contributed by atoms with Crippen LogP contribution >= 0.6 is 0 Å². The van der Waals surface area contributed by atoms with Crippen molar-refractivity contribution >= 4 is 5.97 Å². The van der Waals surface area contributed by atoms with Crippen LogP contribution in [0.1, 0.15) is 36.3 Å². The monoisotopic (exact) mass is 434 g/mol. The Morgan fingerprint density at radius 3 is 2.59 bits per heavy atom. The number of carbonyl (C=O) groups excluding carboxylic acids is 1. The van der Waals surface area contributed by atoms with E-state index in [1.54, 1.807) is 29.9 Å². The predicted octanol–water partition coefficient (Wildman–Crippen LogP) is 3.92. The maximum Gasteiger partial charge on any atom is 0.403 e. The van der Waals surface area contributed by atoms with Crippen molar-refractivity contribution in [1.82, 2.24) is 0 Å². The van der Waals surface area contributed by atoms with Gasteiger partial charge in [-0.15, -0.1) is 0 Å². The maximum atomic E-state index is 15.1. The molecule has 1 aliphatic carbocycles. The van der Waals surface area contributed by atoms with Crippen LogP contribution in [-0.4, -0.2) is 12.6 Å². The molecule has 0 spiro atoms. The van der Waals surface area contributed by atoms with Gasteiger partial charge in [0.15, 0.2) is 17.9 Å². The number of carbonyl (C=O) groups is 1. The number of ether oxygens (including phenoxy) is 1. The summed E-state index contributed by atoms with van der Waals surface area (Å²) in [5.41, 5.74) is 1.93. The van der Waals surface area contributed by atoms with Crippen LogP contribution in [0.3, 0.4) is 0 Å². The van der Waals surface area contributed by atoms with Gasteiger partial charge in [-0.05, 0) is 36.8 Å². The number of rotatable bonds is 4. The van der Waals surface area contributed by atoms with E-state index in [-0.39, 0.29) is 6.61 Å². The quantitative estimate of drug-likeness (QED) is 0.354. The summed E-state index contributed by atoms with van der Waals surface area (Å²) in [5, 5.41) is 0. The van der Waals surface area contributed by atoms with Crippen molar-refractivity contribution in [3.8, 4) is 11.3 Å². The SMILES string of the molecule is CC1=CC2(C)[n+]3ccccc3-c3c(F)cc(F)cc3C12CCOC(=O)c1cccc[n+]1C. The number of fused-ring (bicyclic) bond motifs is 6. The molecule has 0 bridgehead atoms. The Bertz CT molecular complexity index is 1300. The van der Waals surface area contributed by atoms with E-state index in [0.717, 1.165) is 11.6 Å². The van der Waals surface area contributed by atoms with Crippen molar-refractivity contribution in [1.29, 1.82) is 0 Å². The van der Waals surface area contributed by atoms with Crippen LogP contribution in [-0.2, 0) is 22.7 Å². The lowest BCUT2D eigenvalue weighted by Crippen LogP contribution is -2.73. The van der Waals surface area contributed by atoms with Gasteiger partial charge in [0.25, 0.3) is 5.69 Å². The van der Waals surface area contributed by atoms with E-state index in [2.05, 4.69) is 13.0 Å². The summed E-state index contributed by atoms with van der Waals surface area (Å²) < 4.78 is 38.9. The third kappa shape index (κ3) is 2.62. The Labute approximate surface area is 185 Å². The molecule has 2 unspecified atom stereocenters. The molecule has 0 saturated carbocycles. The average molecular weight is 434 g/mol. The molecule has 5 rings (SSSR count). The number of benzene rings is 1. The zero-order chi connectivity index (χ0) is 22.7. The molecule has 2 aliphatic rings. The van der Waals surface area contributed by atoms with Gasteiger partial charge < -0.3 is 4.74 Å². The fraction of sp³-hybridized carbons (Fsp3) is 0.269. The van der Waals surface area contributed by atoms with E-state index >= 15 is 4.39 Å². The lowest BCUT2D eigenvalue weighted by Gasteiger charge is -2.54. The third-order valence-electron chi connectivity index (χ3n) is 7.14. The number of nitrogens with zero attached hydrogens (tertiary/aromatic N) is 2. The molecule has 3 aromatic rings. The summed E-state index contributed by atoms with van der Waals surface area (Å²) in [6, 6.07) is 13.3. The van der Waals surface area contributed by atoms with E-state index < -0.39 is 28.6 Å². The highest BCUT2D eigenvalue weighted by molar-refractivity contribution is 5.85. The molecule has 2 atom stereocenters. The minimum Gasteiger partial charge on any atom is -0.458 e. The first-order chi connectivity index (χ1) is 15.3. The number of pyridine rings is 2. The van der Waals surface area contributed by atoms with Crippen molar-refractivity contribution in [2.75, 3.05) is 6.61 Å². The van der Waals surface area contributed by atoms with Gasteiger partial charge in [-0.2, -0.15) is 9.13 Å².